The van der Waals surface area contributed by atoms with Crippen LogP contribution in [0.1, 0.15) is 29.7 Å². The van der Waals surface area contributed by atoms with Gasteiger partial charge in [0, 0.05) is 51.5 Å². The lowest BCUT2D eigenvalue weighted by molar-refractivity contribution is -0.139. The number of hydrogen-bond donors (Lipinski definition) is 1. The van der Waals surface area contributed by atoms with E-state index < -0.39 is 12.0 Å². The van der Waals surface area contributed by atoms with E-state index in [-0.39, 0.29) is 12.6 Å². The molecule has 0 aliphatic carbocycles. The lowest BCUT2D eigenvalue weighted by Gasteiger charge is -2.40. The smallest absolute Gasteiger partial charge is 0.338 e. The SMILES string of the molecule is C=CCN1C(=O)N[C@H](c2ccc(C)cc2)C(C(=O)OCC)=C1CN1CCN(Cc2ccccc2)CC1. The number of amides is 2. The number of piperazine rings is 1. The highest BCUT2D eigenvalue weighted by atomic mass is 16.5. The van der Waals surface area contributed by atoms with Gasteiger partial charge >= 0.3 is 12.0 Å². The number of hydrogen-bond acceptors (Lipinski definition) is 5. The molecule has 2 aliphatic heterocycles. The van der Waals surface area contributed by atoms with Gasteiger partial charge in [0.05, 0.1) is 18.2 Å². The maximum Gasteiger partial charge on any atom is 0.338 e. The van der Waals surface area contributed by atoms with Gasteiger partial charge < -0.3 is 10.1 Å². The van der Waals surface area contributed by atoms with E-state index in [1.807, 2.05) is 37.3 Å². The van der Waals surface area contributed by atoms with Gasteiger partial charge in [0.25, 0.3) is 0 Å². The number of aryl methyl sites for hydroxylation is 1. The van der Waals surface area contributed by atoms with Crippen LogP contribution in [0.25, 0.3) is 0 Å². The molecule has 36 heavy (non-hydrogen) atoms. The van der Waals surface area contributed by atoms with Gasteiger partial charge in [0.15, 0.2) is 0 Å². The molecule has 2 aromatic rings. The van der Waals surface area contributed by atoms with E-state index in [0.29, 0.717) is 24.4 Å². The Morgan fingerprint density at radius 2 is 1.67 bits per heavy atom. The average molecular weight is 489 g/mol. The first-order valence-electron chi connectivity index (χ1n) is 12.6. The van der Waals surface area contributed by atoms with E-state index in [1.54, 1.807) is 17.9 Å². The Hall–Kier alpha value is -3.42. The summed E-state index contributed by atoms with van der Waals surface area (Å²) in [6.45, 7) is 13.2. The van der Waals surface area contributed by atoms with Crippen LogP contribution in [0.5, 0.6) is 0 Å². The van der Waals surface area contributed by atoms with Gasteiger partial charge in [-0.2, -0.15) is 0 Å². The van der Waals surface area contributed by atoms with Gasteiger partial charge in [-0.15, -0.1) is 6.58 Å². The molecule has 1 N–H and O–H groups in total. The van der Waals surface area contributed by atoms with Crippen molar-refractivity contribution in [2.45, 2.75) is 26.4 Å². The summed E-state index contributed by atoms with van der Waals surface area (Å²) in [6.07, 6.45) is 1.69. The van der Waals surface area contributed by atoms with Crippen molar-refractivity contribution in [1.82, 2.24) is 20.0 Å². The van der Waals surface area contributed by atoms with Crippen LogP contribution in [-0.4, -0.2) is 72.6 Å². The van der Waals surface area contributed by atoms with Crippen molar-refractivity contribution in [1.29, 1.82) is 0 Å². The van der Waals surface area contributed by atoms with Crippen LogP contribution < -0.4 is 5.32 Å². The van der Waals surface area contributed by atoms with Crippen LogP contribution in [0, 0.1) is 6.92 Å². The van der Waals surface area contributed by atoms with E-state index in [0.717, 1.165) is 43.9 Å². The van der Waals surface area contributed by atoms with Crippen molar-refractivity contribution < 1.29 is 14.3 Å². The molecule has 2 aromatic carbocycles. The van der Waals surface area contributed by atoms with E-state index in [1.165, 1.54) is 5.56 Å². The van der Waals surface area contributed by atoms with Gasteiger partial charge in [-0.25, -0.2) is 9.59 Å². The lowest BCUT2D eigenvalue weighted by Crippen LogP contribution is -2.53. The molecule has 7 heteroatoms. The molecule has 0 bridgehead atoms. The highest BCUT2D eigenvalue weighted by Gasteiger charge is 2.38. The molecule has 0 spiro atoms. The summed E-state index contributed by atoms with van der Waals surface area (Å²) < 4.78 is 5.49. The molecule has 1 saturated heterocycles. The minimum absolute atomic E-state index is 0.230. The first-order valence-corrected chi connectivity index (χ1v) is 12.6. The summed E-state index contributed by atoms with van der Waals surface area (Å²) >= 11 is 0. The van der Waals surface area contributed by atoms with Gasteiger partial charge in [0.1, 0.15) is 0 Å². The minimum Gasteiger partial charge on any atom is -0.463 e. The lowest BCUT2D eigenvalue weighted by atomic mass is 9.93. The first-order chi connectivity index (χ1) is 17.5. The fourth-order valence-electron chi connectivity index (χ4n) is 4.81. The maximum absolute atomic E-state index is 13.3. The Bertz CT molecular complexity index is 1090. The molecule has 2 heterocycles. The second-order valence-electron chi connectivity index (χ2n) is 9.31. The van der Waals surface area contributed by atoms with Crippen molar-refractivity contribution >= 4 is 12.0 Å². The molecular weight excluding hydrogens is 452 g/mol. The molecule has 2 amide bonds. The monoisotopic (exact) mass is 488 g/mol. The Balaban J connectivity index is 1.60. The van der Waals surface area contributed by atoms with E-state index >= 15 is 0 Å². The van der Waals surface area contributed by atoms with Crippen molar-refractivity contribution in [2.24, 2.45) is 0 Å². The number of carbonyl (C=O) groups excluding carboxylic acids is 2. The number of ether oxygens (including phenoxy) is 1. The number of urea groups is 1. The molecule has 0 saturated carbocycles. The van der Waals surface area contributed by atoms with Crippen LogP contribution in [0.4, 0.5) is 4.79 Å². The summed E-state index contributed by atoms with van der Waals surface area (Å²) in [5.41, 5.74) is 4.47. The molecule has 4 rings (SSSR count). The highest BCUT2D eigenvalue weighted by molar-refractivity contribution is 5.95. The standard InChI is InChI=1S/C29H36N4O3/c1-4-15-33-25(21-32-18-16-31(17-19-32)20-23-9-7-6-8-10-23)26(28(34)36-5-2)27(30-29(33)35)24-13-11-22(3)12-14-24/h4,6-14,27H,1,5,15-21H2,2-3H3,(H,30,35)/t27-/m1/s1. The average Bonchev–Trinajstić information content (AvgIpc) is 2.88. The fourth-order valence-corrected chi connectivity index (χ4v) is 4.81. The number of carbonyl (C=O) groups is 2. The topological polar surface area (TPSA) is 65.1 Å². The molecule has 2 aliphatic rings. The number of rotatable bonds is 9. The number of benzene rings is 2. The van der Waals surface area contributed by atoms with E-state index in [4.69, 9.17) is 4.74 Å². The maximum atomic E-state index is 13.3. The molecule has 0 aromatic heterocycles. The summed E-state index contributed by atoms with van der Waals surface area (Å²) in [6, 6.07) is 17.6. The predicted molar refractivity (Wildman–Crippen MR) is 141 cm³/mol. The van der Waals surface area contributed by atoms with E-state index in [2.05, 4.69) is 46.0 Å². The zero-order chi connectivity index (χ0) is 25.5. The fraction of sp³-hybridized carbons (Fsp3) is 0.379. The molecule has 7 nitrogen and oxygen atoms in total. The third-order valence-corrected chi connectivity index (χ3v) is 6.74. The summed E-state index contributed by atoms with van der Waals surface area (Å²) in [7, 11) is 0. The molecule has 0 radical (unpaired) electrons. The number of esters is 1. The highest BCUT2D eigenvalue weighted by Crippen LogP contribution is 2.32. The molecule has 1 fully saturated rings. The van der Waals surface area contributed by atoms with Gasteiger partial charge in [-0.05, 0) is 25.0 Å². The third-order valence-electron chi connectivity index (χ3n) is 6.74. The van der Waals surface area contributed by atoms with Gasteiger partial charge in [-0.3, -0.25) is 14.7 Å². The number of nitrogens with zero attached hydrogens (tertiary/aromatic N) is 3. The van der Waals surface area contributed by atoms with Crippen LogP contribution in [-0.2, 0) is 16.1 Å². The van der Waals surface area contributed by atoms with E-state index in [9.17, 15) is 9.59 Å². The van der Waals surface area contributed by atoms with Crippen molar-refractivity contribution in [3.05, 3.63) is 95.2 Å². The summed E-state index contributed by atoms with van der Waals surface area (Å²) in [5.74, 6) is -0.394. The van der Waals surface area contributed by atoms with Crippen molar-refractivity contribution in [3.8, 4) is 0 Å². The van der Waals surface area contributed by atoms with Crippen LogP contribution in [0.15, 0.2) is 78.5 Å². The van der Waals surface area contributed by atoms with Crippen LogP contribution >= 0.6 is 0 Å². The summed E-state index contributed by atoms with van der Waals surface area (Å²) in [5, 5.41) is 3.03. The predicted octanol–water partition coefficient (Wildman–Crippen LogP) is 3.88. The van der Waals surface area contributed by atoms with Crippen LogP contribution in [0.3, 0.4) is 0 Å². The van der Waals surface area contributed by atoms with Crippen LogP contribution in [0.2, 0.25) is 0 Å². The molecule has 190 valence electrons. The molecule has 0 unspecified atom stereocenters. The normalized spacial score (nSPS) is 19.2. The quantitative estimate of drug-likeness (QED) is 0.429. The Labute approximate surface area is 214 Å². The zero-order valence-corrected chi connectivity index (χ0v) is 21.3. The Kier molecular flexibility index (Phi) is 8.57. The van der Waals surface area contributed by atoms with Crippen molar-refractivity contribution in [2.75, 3.05) is 45.9 Å². The minimum atomic E-state index is -0.562. The second kappa shape index (κ2) is 12.0. The van der Waals surface area contributed by atoms with Gasteiger partial charge in [0.2, 0.25) is 0 Å². The summed E-state index contributed by atoms with van der Waals surface area (Å²) in [4.78, 5) is 32.9. The second-order valence-corrected chi connectivity index (χ2v) is 9.31. The molecular formula is C29H36N4O3. The Morgan fingerprint density at radius 3 is 2.28 bits per heavy atom. The first kappa shape index (κ1) is 25.7. The molecule has 1 atom stereocenters. The van der Waals surface area contributed by atoms with Crippen molar-refractivity contribution in [3.63, 3.8) is 0 Å². The third kappa shape index (κ3) is 6.04. The largest absolute Gasteiger partial charge is 0.463 e. The number of nitrogens with one attached hydrogen (secondary N) is 1. The Morgan fingerprint density at radius 1 is 1.03 bits per heavy atom. The zero-order valence-electron chi connectivity index (χ0n) is 21.3. The van der Waals surface area contributed by atoms with Gasteiger partial charge in [-0.1, -0.05) is 66.2 Å².